The van der Waals surface area contributed by atoms with Gasteiger partial charge in [0.2, 0.25) is 0 Å². The maximum absolute atomic E-state index is 13.0. The van der Waals surface area contributed by atoms with Gasteiger partial charge in [-0.3, -0.25) is 9.10 Å². The molecule has 4 rings (SSSR count). The summed E-state index contributed by atoms with van der Waals surface area (Å²) < 4.78 is 33.4. The van der Waals surface area contributed by atoms with E-state index in [-0.39, 0.29) is 10.8 Å². The summed E-state index contributed by atoms with van der Waals surface area (Å²) in [7, 11) is -3.64. The molecular formula is C20H17BrN2O4S. The van der Waals surface area contributed by atoms with Gasteiger partial charge in [0.25, 0.3) is 15.9 Å². The molecule has 0 saturated carbocycles. The van der Waals surface area contributed by atoms with Crippen LogP contribution in [0.5, 0.6) is 0 Å². The fourth-order valence-electron chi connectivity index (χ4n) is 3.18. The van der Waals surface area contributed by atoms with E-state index in [0.717, 1.165) is 10.0 Å². The number of halogens is 1. The molecule has 0 radical (unpaired) electrons. The average molecular weight is 461 g/mol. The zero-order valence-corrected chi connectivity index (χ0v) is 17.2. The monoisotopic (exact) mass is 460 g/mol. The highest BCUT2D eigenvalue weighted by Gasteiger charge is 2.31. The van der Waals surface area contributed by atoms with E-state index < -0.39 is 10.0 Å². The Morgan fingerprint density at radius 1 is 1.14 bits per heavy atom. The molecule has 8 heteroatoms. The van der Waals surface area contributed by atoms with Gasteiger partial charge in [-0.2, -0.15) is 0 Å². The van der Waals surface area contributed by atoms with E-state index in [9.17, 15) is 13.2 Å². The third-order valence-corrected chi connectivity index (χ3v) is 6.96. The van der Waals surface area contributed by atoms with E-state index in [1.807, 2.05) is 0 Å². The van der Waals surface area contributed by atoms with Gasteiger partial charge in [0.15, 0.2) is 0 Å². The van der Waals surface area contributed by atoms with Crippen LogP contribution in [-0.2, 0) is 23.0 Å². The Labute approximate surface area is 171 Å². The summed E-state index contributed by atoms with van der Waals surface area (Å²) in [5.74, 6) is 0.440. The highest BCUT2D eigenvalue weighted by molar-refractivity contribution is 9.10. The summed E-state index contributed by atoms with van der Waals surface area (Å²) in [6.45, 7) is 0.651. The molecule has 0 aliphatic carbocycles. The summed E-state index contributed by atoms with van der Waals surface area (Å²) in [5.41, 5.74) is 1.95. The zero-order valence-electron chi connectivity index (χ0n) is 14.8. The molecule has 28 heavy (non-hydrogen) atoms. The van der Waals surface area contributed by atoms with Crippen LogP contribution in [0.2, 0.25) is 0 Å². The first kappa shape index (κ1) is 18.8. The second-order valence-electron chi connectivity index (χ2n) is 6.39. The van der Waals surface area contributed by atoms with Crippen LogP contribution in [-0.4, -0.2) is 20.9 Å². The van der Waals surface area contributed by atoms with Gasteiger partial charge in [-0.05, 0) is 66.6 Å². The molecule has 2 aromatic carbocycles. The van der Waals surface area contributed by atoms with Crippen molar-refractivity contribution in [1.29, 1.82) is 0 Å². The first-order valence-corrected chi connectivity index (χ1v) is 10.9. The summed E-state index contributed by atoms with van der Waals surface area (Å²) in [6.07, 6.45) is 2.11. The Kier molecular flexibility index (Phi) is 4.99. The summed E-state index contributed by atoms with van der Waals surface area (Å²) in [4.78, 5) is 12.6. The maximum Gasteiger partial charge on any atom is 0.264 e. The number of anilines is 1. The predicted molar refractivity (Wildman–Crippen MR) is 109 cm³/mol. The molecule has 0 atom stereocenters. The Hall–Kier alpha value is -2.58. The van der Waals surface area contributed by atoms with Gasteiger partial charge in [-0.1, -0.05) is 15.9 Å². The normalized spacial score (nSPS) is 13.4. The lowest BCUT2D eigenvalue weighted by Crippen LogP contribution is -2.29. The second kappa shape index (κ2) is 7.44. The first-order valence-electron chi connectivity index (χ1n) is 8.67. The third-order valence-electron chi connectivity index (χ3n) is 4.60. The standard InChI is InChI=1S/C20H17BrN2O4S/c21-16-4-6-18(7-5-16)28(25,26)23-10-9-14-12-15(3-8-19(14)23)20(24)22-13-17-2-1-11-27-17/h1-8,11-12H,9-10,13H2,(H,22,24). The molecular weight excluding hydrogens is 444 g/mol. The molecule has 0 saturated heterocycles. The highest BCUT2D eigenvalue weighted by atomic mass is 79.9. The van der Waals surface area contributed by atoms with Crippen molar-refractivity contribution in [2.45, 2.75) is 17.9 Å². The first-order chi connectivity index (χ1) is 13.4. The van der Waals surface area contributed by atoms with E-state index in [0.29, 0.717) is 36.5 Å². The van der Waals surface area contributed by atoms with Crippen LogP contribution in [0.25, 0.3) is 0 Å². The topological polar surface area (TPSA) is 79.6 Å². The molecule has 1 aromatic heterocycles. The molecule has 0 unspecified atom stereocenters. The number of rotatable bonds is 5. The van der Waals surface area contributed by atoms with Crippen molar-refractivity contribution in [3.8, 4) is 0 Å². The van der Waals surface area contributed by atoms with Crippen LogP contribution in [0.4, 0.5) is 5.69 Å². The lowest BCUT2D eigenvalue weighted by molar-refractivity contribution is 0.0948. The van der Waals surface area contributed by atoms with Crippen LogP contribution in [0.1, 0.15) is 21.7 Å². The molecule has 6 nitrogen and oxygen atoms in total. The fraction of sp³-hybridized carbons (Fsp3) is 0.150. The molecule has 1 aliphatic rings. The van der Waals surface area contributed by atoms with Crippen molar-refractivity contribution in [1.82, 2.24) is 5.32 Å². The van der Waals surface area contributed by atoms with Crippen LogP contribution in [0.3, 0.4) is 0 Å². The number of hydrogen-bond donors (Lipinski definition) is 1. The molecule has 0 spiro atoms. The van der Waals surface area contributed by atoms with Gasteiger partial charge in [0.05, 0.1) is 23.4 Å². The number of carbonyl (C=O) groups excluding carboxylic acids is 1. The van der Waals surface area contributed by atoms with Gasteiger partial charge >= 0.3 is 0 Å². The summed E-state index contributed by atoms with van der Waals surface area (Å²) in [6, 6.07) is 15.2. The minimum Gasteiger partial charge on any atom is -0.467 e. The Bertz CT molecular complexity index is 1110. The summed E-state index contributed by atoms with van der Waals surface area (Å²) in [5, 5.41) is 2.80. The van der Waals surface area contributed by atoms with E-state index in [4.69, 9.17) is 4.42 Å². The lowest BCUT2D eigenvalue weighted by Gasteiger charge is -2.19. The van der Waals surface area contributed by atoms with Crippen LogP contribution in [0, 0.1) is 0 Å². The molecule has 1 N–H and O–H groups in total. The minimum atomic E-state index is -3.64. The third kappa shape index (κ3) is 3.57. The molecule has 3 aromatic rings. The molecule has 0 fully saturated rings. The molecule has 144 valence electrons. The lowest BCUT2D eigenvalue weighted by atomic mass is 10.1. The number of fused-ring (bicyclic) bond motifs is 1. The SMILES string of the molecule is O=C(NCc1ccco1)c1ccc2c(c1)CCN2S(=O)(=O)c1ccc(Br)cc1. The van der Waals surface area contributed by atoms with Crippen molar-refractivity contribution in [2.75, 3.05) is 10.8 Å². The summed E-state index contributed by atoms with van der Waals surface area (Å²) >= 11 is 3.32. The largest absolute Gasteiger partial charge is 0.467 e. The quantitative estimate of drug-likeness (QED) is 0.628. The van der Waals surface area contributed by atoms with Crippen molar-refractivity contribution >= 4 is 37.5 Å². The fourth-order valence-corrected chi connectivity index (χ4v) is 4.95. The van der Waals surface area contributed by atoms with Gasteiger partial charge in [0, 0.05) is 16.6 Å². The van der Waals surface area contributed by atoms with Crippen molar-refractivity contribution in [3.63, 3.8) is 0 Å². The van der Waals surface area contributed by atoms with Crippen LogP contribution >= 0.6 is 15.9 Å². The van der Waals surface area contributed by atoms with Gasteiger partial charge in [-0.25, -0.2) is 8.42 Å². The van der Waals surface area contributed by atoms with Gasteiger partial charge in [-0.15, -0.1) is 0 Å². The number of furan rings is 1. The van der Waals surface area contributed by atoms with Crippen LogP contribution < -0.4 is 9.62 Å². The van der Waals surface area contributed by atoms with E-state index >= 15 is 0 Å². The Morgan fingerprint density at radius 3 is 2.64 bits per heavy atom. The molecule has 1 amide bonds. The number of nitrogens with one attached hydrogen (secondary N) is 1. The molecule has 1 aliphatic heterocycles. The zero-order chi connectivity index (χ0) is 19.7. The van der Waals surface area contributed by atoms with Gasteiger partial charge in [0.1, 0.15) is 5.76 Å². The Morgan fingerprint density at radius 2 is 1.93 bits per heavy atom. The van der Waals surface area contributed by atoms with Crippen LogP contribution in [0.15, 0.2) is 74.6 Å². The number of nitrogens with zero attached hydrogens (tertiary/aromatic N) is 1. The number of benzene rings is 2. The average Bonchev–Trinajstić information content (AvgIpc) is 3.35. The Balaban J connectivity index is 1.54. The highest BCUT2D eigenvalue weighted by Crippen LogP contribution is 2.33. The number of hydrogen-bond acceptors (Lipinski definition) is 4. The van der Waals surface area contributed by atoms with Gasteiger partial charge < -0.3 is 9.73 Å². The minimum absolute atomic E-state index is 0.228. The van der Waals surface area contributed by atoms with E-state index in [1.54, 1.807) is 60.9 Å². The number of carbonyl (C=O) groups is 1. The van der Waals surface area contributed by atoms with Crippen molar-refractivity contribution < 1.29 is 17.6 Å². The van der Waals surface area contributed by atoms with Crippen molar-refractivity contribution in [2.24, 2.45) is 0 Å². The number of amides is 1. The molecule has 0 bridgehead atoms. The smallest absolute Gasteiger partial charge is 0.264 e. The number of sulfonamides is 1. The predicted octanol–water partition coefficient (Wildman–Crippen LogP) is 3.72. The maximum atomic E-state index is 13.0. The second-order valence-corrected chi connectivity index (χ2v) is 9.16. The molecule has 2 heterocycles. The van der Waals surface area contributed by atoms with E-state index in [2.05, 4.69) is 21.2 Å². The van der Waals surface area contributed by atoms with Crippen molar-refractivity contribution in [3.05, 3.63) is 82.2 Å². The van der Waals surface area contributed by atoms with E-state index in [1.165, 1.54) is 4.31 Å².